The molecular formula is C15H15BrF2N2. The molecule has 2 aromatic rings. The van der Waals surface area contributed by atoms with Crippen molar-refractivity contribution >= 4 is 15.9 Å². The van der Waals surface area contributed by atoms with Crippen LogP contribution in [0.15, 0.2) is 41.1 Å². The third-order valence-corrected chi connectivity index (χ3v) is 3.33. The zero-order valence-corrected chi connectivity index (χ0v) is 12.6. The summed E-state index contributed by atoms with van der Waals surface area (Å²) in [6.07, 6.45) is 3.67. The Hall–Kier alpha value is -1.33. The molecule has 0 aliphatic rings. The molecule has 5 heteroatoms. The molecule has 20 heavy (non-hydrogen) atoms. The van der Waals surface area contributed by atoms with E-state index in [9.17, 15) is 8.78 Å². The van der Waals surface area contributed by atoms with Gasteiger partial charge in [0.25, 0.3) is 0 Å². The molecule has 0 amide bonds. The summed E-state index contributed by atoms with van der Waals surface area (Å²) in [6.45, 7) is 2.78. The minimum Gasteiger partial charge on any atom is -0.306 e. The SMILES string of the molecule is CCCNC(c1cncc(F)c1)c1cc(F)cc(Br)c1. The lowest BCUT2D eigenvalue weighted by atomic mass is 10.00. The standard InChI is InChI=1S/C15H15BrF2N2/c1-2-3-20-15(11-6-14(18)9-19-8-11)10-4-12(16)7-13(17)5-10/h4-9,15,20H,2-3H2,1H3. The molecule has 1 heterocycles. The minimum absolute atomic E-state index is 0.287. The molecule has 0 aliphatic carbocycles. The highest BCUT2D eigenvalue weighted by Gasteiger charge is 2.16. The number of halogens is 3. The lowest BCUT2D eigenvalue weighted by Crippen LogP contribution is -2.23. The third kappa shape index (κ3) is 3.84. The maximum Gasteiger partial charge on any atom is 0.141 e. The second-order valence-electron chi connectivity index (χ2n) is 4.53. The zero-order chi connectivity index (χ0) is 14.5. The topological polar surface area (TPSA) is 24.9 Å². The van der Waals surface area contributed by atoms with E-state index in [-0.39, 0.29) is 11.9 Å². The van der Waals surface area contributed by atoms with Crippen molar-refractivity contribution in [2.24, 2.45) is 0 Å². The fraction of sp³-hybridized carbons (Fsp3) is 0.267. The first kappa shape index (κ1) is 15.1. The van der Waals surface area contributed by atoms with Crippen molar-refractivity contribution in [3.8, 4) is 0 Å². The molecule has 0 aliphatic heterocycles. The second-order valence-corrected chi connectivity index (χ2v) is 5.44. The van der Waals surface area contributed by atoms with Gasteiger partial charge in [0, 0.05) is 10.7 Å². The molecular weight excluding hydrogens is 326 g/mol. The highest BCUT2D eigenvalue weighted by atomic mass is 79.9. The van der Waals surface area contributed by atoms with Crippen LogP contribution in [0.5, 0.6) is 0 Å². The highest BCUT2D eigenvalue weighted by molar-refractivity contribution is 9.10. The van der Waals surface area contributed by atoms with E-state index < -0.39 is 5.82 Å². The number of nitrogens with one attached hydrogen (secondary N) is 1. The van der Waals surface area contributed by atoms with Crippen LogP contribution in [0.3, 0.4) is 0 Å². The van der Waals surface area contributed by atoms with Crippen LogP contribution in [0.2, 0.25) is 0 Å². The maximum atomic E-state index is 13.6. The van der Waals surface area contributed by atoms with Crippen molar-refractivity contribution in [2.75, 3.05) is 6.54 Å². The van der Waals surface area contributed by atoms with Crippen LogP contribution in [0, 0.1) is 11.6 Å². The van der Waals surface area contributed by atoms with Gasteiger partial charge < -0.3 is 5.32 Å². The van der Waals surface area contributed by atoms with Crippen molar-refractivity contribution in [1.82, 2.24) is 10.3 Å². The van der Waals surface area contributed by atoms with Gasteiger partial charge in [-0.05, 0) is 48.4 Å². The van der Waals surface area contributed by atoms with Crippen LogP contribution in [-0.2, 0) is 0 Å². The van der Waals surface area contributed by atoms with Gasteiger partial charge in [-0.15, -0.1) is 0 Å². The van der Waals surface area contributed by atoms with Gasteiger partial charge in [0.2, 0.25) is 0 Å². The third-order valence-electron chi connectivity index (χ3n) is 2.88. The van der Waals surface area contributed by atoms with Gasteiger partial charge in [-0.2, -0.15) is 0 Å². The number of aromatic nitrogens is 1. The van der Waals surface area contributed by atoms with E-state index in [0.717, 1.165) is 24.7 Å². The van der Waals surface area contributed by atoms with Crippen LogP contribution in [0.1, 0.15) is 30.5 Å². The molecule has 106 valence electrons. The summed E-state index contributed by atoms with van der Waals surface area (Å²) in [4.78, 5) is 3.86. The molecule has 0 spiro atoms. The van der Waals surface area contributed by atoms with Crippen molar-refractivity contribution in [2.45, 2.75) is 19.4 Å². The van der Waals surface area contributed by atoms with Crippen LogP contribution in [0.25, 0.3) is 0 Å². The van der Waals surface area contributed by atoms with Crippen LogP contribution in [-0.4, -0.2) is 11.5 Å². The molecule has 1 N–H and O–H groups in total. The fourth-order valence-corrected chi connectivity index (χ4v) is 2.53. The van der Waals surface area contributed by atoms with E-state index in [1.165, 1.54) is 18.2 Å². The predicted molar refractivity (Wildman–Crippen MR) is 78.4 cm³/mol. The van der Waals surface area contributed by atoms with Gasteiger partial charge in [-0.3, -0.25) is 4.98 Å². The second kappa shape index (κ2) is 6.90. The minimum atomic E-state index is -0.402. The monoisotopic (exact) mass is 340 g/mol. The van der Waals surface area contributed by atoms with Crippen molar-refractivity contribution in [3.63, 3.8) is 0 Å². The van der Waals surface area contributed by atoms with E-state index in [0.29, 0.717) is 10.0 Å². The fourth-order valence-electron chi connectivity index (χ4n) is 2.04. The van der Waals surface area contributed by atoms with Crippen molar-refractivity contribution in [3.05, 3.63) is 63.9 Å². The van der Waals surface area contributed by atoms with Crippen molar-refractivity contribution in [1.29, 1.82) is 0 Å². The number of benzene rings is 1. The first-order valence-corrected chi connectivity index (χ1v) is 7.19. The normalized spacial score (nSPS) is 12.4. The Kier molecular flexibility index (Phi) is 5.20. The average molecular weight is 341 g/mol. The smallest absolute Gasteiger partial charge is 0.141 e. The van der Waals surface area contributed by atoms with Gasteiger partial charge in [0.05, 0.1) is 12.2 Å². The van der Waals surface area contributed by atoms with E-state index in [1.54, 1.807) is 6.20 Å². The predicted octanol–water partition coefficient (Wildman–Crippen LogP) is 4.21. The van der Waals surface area contributed by atoms with Crippen LogP contribution < -0.4 is 5.32 Å². The summed E-state index contributed by atoms with van der Waals surface area (Å²) in [5, 5.41) is 3.29. The first-order chi connectivity index (χ1) is 9.60. The molecule has 0 bridgehead atoms. The molecule has 0 fully saturated rings. The summed E-state index contributed by atoms with van der Waals surface area (Å²) in [5.41, 5.74) is 1.41. The van der Waals surface area contributed by atoms with Gasteiger partial charge in [-0.1, -0.05) is 22.9 Å². The molecule has 0 radical (unpaired) electrons. The maximum absolute atomic E-state index is 13.6. The number of hydrogen-bond donors (Lipinski definition) is 1. The van der Waals surface area contributed by atoms with Crippen LogP contribution in [0.4, 0.5) is 8.78 Å². The van der Waals surface area contributed by atoms with Gasteiger partial charge in [0.15, 0.2) is 0 Å². The zero-order valence-electron chi connectivity index (χ0n) is 11.0. The number of rotatable bonds is 5. The molecule has 0 saturated heterocycles. The van der Waals surface area contributed by atoms with Gasteiger partial charge >= 0.3 is 0 Å². The van der Waals surface area contributed by atoms with Gasteiger partial charge in [0.1, 0.15) is 11.6 Å². The molecule has 2 nitrogen and oxygen atoms in total. The van der Waals surface area contributed by atoms with E-state index >= 15 is 0 Å². The lowest BCUT2D eigenvalue weighted by Gasteiger charge is -2.19. The number of pyridine rings is 1. The molecule has 1 aromatic carbocycles. The molecule has 1 unspecified atom stereocenters. The summed E-state index contributed by atoms with van der Waals surface area (Å²) < 4.78 is 27.6. The average Bonchev–Trinajstić information content (AvgIpc) is 2.38. The van der Waals surface area contributed by atoms with E-state index in [1.807, 2.05) is 13.0 Å². The van der Waals surface area contributed by atoms with Crippen LogP contribution >= 0.6 is 15.9 Å². The molecule has 1 aromatic heterocycles. The Bertz CT molecular complexity index is 570. The quantitative estimate of drug-likeness (QED) is 0.881. The largest absolute Gasteiger partial charge is 0.306 e. The van der Waals surface area contributed by atoms with E-state index in [4.69, 9.17) is 0 Å². The molecule has 1 atom stereocenters. The lowest BCUT2D eigenvalue weighted by molar-refractivity contribution is 0.573. The summed E-state index contributed by atoms with van der Waals surface area (Å²) in [6, 6.07) is 5.79. The highest BCUT2D eigenvalue weighted by Crippen LogP contribution is 2.26. The number of hydrogen-bond acceptors (Lipinski definition) is 2. The summed E-state index contributed by atoms with van der Waals surface area (Å²) in [5.74, 6) is -0.733. The van der Waals surface area contributed by atoms with E-state index in [2.05, 4.69) is 26.2 Å². The number of nitrogens with zero attached hydrogens (tertiary/aromatic N) is 1. The van der Waals surface area contributed by atoms with Crippen molar-refractivity contribution < 1.29 is 8.78 Å². The summed E-state index contributed by atoms with van der Waals surface area (Å²) >= 11 is 3.28. The first-order valence-electron chi connectivity index (χ1n) is 6.40. The molecule has 2 rings (SSSR count). The Balaban J connectivity index is 2.41. The Morgan fingerprint density at radius 1 is 1.10 bits per heavy atom. The molecule has 0 saturated carbocycles. The Morgan fingerprint density at radius 3 is 2.50 bits per heavy atom. The summed E-state index contributed by atoms with van der Waals surface area (Å²) in [7, 11) is 0. The Labute approximate surface area is 125 Å². The van der Waals surface area contributed by atoms with Gasteiger partial charge in [-0.25, -0.2) is 8.78 Å². The Morgan fingerprint density at radius 2 is 1.85 bits per heavy atom.